The van der Waals surface area contributed by atoms with Crippen LogP contribution >= 0.6 is 0 Å². The van der Waals surface area contributed by atoms with E-state index in [0.29, 0.717) is 17.2 Å². The third kappa shape index (κ3) is 1.56. The molecule has 0 amide bonds. The van der Waals surface area contributed by atoms with Crippen LogP contribution < -0.4 is 14.2 Å². The smallest absolute Gasteiger partial charge is 0.454 e. The number of ether oxygens (including phenoxy) is 4. The Morgan fingerprint density at radius 3 is 2.93 bits per heavy atom. The molecular weight excluding hydrogens is 188 g/mol. The van der Waals surface area contributed by atoms with Crippen molar-refractivity contribution >= 4 is 6.16 Å². The number of fused-ring (bicyclic) bond motifs is 1. The minimum absolute atomic E-state index is 0.191. The van der Waals surface area contributed by atoms with Crippen molar-refractivity contribution in [1.82, 2.24) is 0 Å². The molecule has 1 aromatic carbocycles. The fourth-order valence-electron chi connectivity index (χ4n) is 1.08. The summed E-state index contributed by atoms with van der Waals surface area (Å²) in [5.41, 5.74) is 0. The van der Waals surface area contributed by atoms with Gasteiger partial charge >= 0.3 is 6.16 Å². The maximum atomic E-state index is 10.8. The molecular formula is C9H8O5. The summed E-state index contributed by atoms with van der Waals surface area (Å²) >= 11 is 0. The predicted molar refractivity (Wildman–Crippen MR) is 45.6 cm³/mol. The molecule has 0 saturated heterocycles. The fraction of sp³-hybridized carbons (Fsp3) is 0.222. The predicted octanol–water partition coefficient (Wildman–Crippen LogP) is 1.56. The van der Waals surface area contributed by atoms with Crippen molar-refractivity contribution in [3.63, 3.8) is 0 Å². The van der Waals surface area contributed by atoms with Gasteiger partial charge in [0.25, 0.3) is 0 Å². The van der Waals surface area contributed by atoms with Crippen molar-refractivity contribution in [2.24, 2.45) is 0 Å². The van der Waals surface area contributed by atoms with E-state index in [9.17, 15) is 4.79 Å². The van der Waals surface area contributed by atoms with Gasteiger partial charge in [-0.2, -0.15) is 0 Å². The standard InChI is InChI=1S/C9H8O5/c1-11-9(10)14-6-2-3-7-8(4-6)13-5-12-7/h2-4H,5H2,1H3. The number of benzene rings is 1. The van der Waals surface area contributed by atoms with Crippen LogP contribution in [0.15, 0.2) is 18.2 Å². The van der Waals surface area contributed by atoms with Crippen molar-refractivity contribution in [1.29, 1.82) is 0 Å². The lowest BCUT2D eigenvalue weighted by molar-refractivity contribution is 0.121. The van der Waals surface area contributed by atoms with Crippen LogP contribution in [-0.4, -0.2) is 20.1 Å². The Balaban J connectivity index is 2.16. The van der Waals surface area contributed by atoms with Crippen molar-refractivity contribution in [3.05, 3.63) is 18.2 Å². The average molecular weight is 196 g/mol. The zero-order valence-corrected chi connectivity index (χ0v) is 7.48. The van der Waals surface area contributed by atoms with Crippen LogP contribution in [-0.2, 0) is 4.74 Å². The Morgan fingerprint density at radius 1 is 1.36 bits per heavy atom. The monoisotopic (exact) mass is 196 g/mol. The average Bonchev–Trinajstić information content (AvgIpc) is 2.64. The zero-order chi connectivity index (χ0) is 9.97. The number of rotatable bonds is 1. The molecule has 14 heavy (non-hydrogen) atoms. The van der Waals surface area contributed by atoms with Crippen molar-refractivity contribution in [2.45, 2.75) is 0 Å². The lowest BCUT2D eigenvalue weighted by atomic mass is 10.3. The summed E-state index contributed by atoms with van der Waals surface area (Å²) in [4.78, 5) is 10.8. The highest BCUT2D eigenvalue weighted by atomic mass is 16.7. The van der Waals surface area contributed by atoms with Crippen molar-refractivity contribution < 1.29 is 23.7 Å². The highest BCUT2D eigenvalue weighted by Crippen LogP contribution is 2.35. The first-order chi connectivity index (χ1) is 6.79. The quantitative estimate of drug-likeness (QED) is 0.504. The molecule has 1 aliphatic rings. The molecule has 0 radical (unpaired) electrons. The van der Waals surface area contributed by atoms with E-state index < -0.39 is 6.16 Å². The van der Waals surface area contributed by atoms with Crippen LogP contribution in [0.2, 0.25) is 0 Å². The van der Waals surface area contributed by atoms with Crippen molar-refractivity contribution in [3.8, 4) is 17.2 Å². The molecule has 0 aromatic heterocycles. The van der Waals surface area contributed by atoms with Crippen LogP contribution in [0.4, 0.5) is 4.79 Å². The van der Waals surface area contributed by atoms with E-state index in [1.165, 1.54) is 7.11 Å². The van der Waals surface area contributed by atoms with Gasteiger partial charge in [0.1, 0.15) is 5.75 Å². The summed E-state index contributed by atoms with van der Waals surface area (Å²) < 4.78 is 19.3. The Bertz CT molecular complexity index is 360. The summed E-state index contributed by atoms with van der Waals surface area (Å²) in [6.07, 6.45) is -0.760. The molecule has 5 heteroatoms. The minimum atomic E-state index is -0.760. The van der Waals surface area contributed by atoms with Crippen LogP contribution in [0.5, 0.6) is 17.2 Å². The summed E-state index contributed by atoms with van der Waals surface area (Å²) in [6.45, 7) is 0.191. The molecule has 2 rings (SSSR count). The van der Waals surface area contributed by atoms with E-state index in [1.807, 2.05) is 0 Å². The SMILES string of the molecule is COC(=O)Oc1ccc2c(c1)OCO2. The molecule has 0 N–H and O–H groups in total. The van der Waals surface area contributed by atoms with Gasteiger partial charge in [0, 0.05) is 6.07 Å². The molecule has 0 bridgehead atoms. The Hall–Kier alpha value is -1.91. The molecule has 5 nitrogen and oxygen atoms in total. The van der Waals surface area contributed by atoms with Gasteiger partial charge in [-0.15, -0.1) is 0 Å². The summed E-state index contributed by atoms with van der Waals surface area (Å²) in [6, 6.07) is 4.84. The second kappa shape index (κ2) is 3.45. The fourth-order valence-corrected chi connectivity index (χ4v) is 1.08. The van der Waals surface area contributed by atoms with Crippen LogP contribution in [0, 0.1) is 0 Å². The van der Waals surface area contributed by atoms with E-state index >= 15 is 0 Å². The van der Waals surface area contributed by atoms with Gasteiger partial charge in [0.15, 0.2) is 11.5 Å². The summed E-state index contributed by atoms with van der Waals surface area (Å²) in [7, 11) is 1.25. The highest BCUT2D eigenvalue weighted by Gasteiger charge is 2.14. The zero-order valence-electron chi connectivity index (χ0n) is 7.48. The number of carbonyl (C=O) groups is 1. The molecule has 0 saturated carbocycles. The third-order valence-electron chi connectivity index (χ3n) is 1.71. The first kappa shape index (κ1) is 8.68. The molecule has 0 unspecified atom stereocenters. The molecule has 1 aliphatic heterocycles. The first-order valence-electron chi connectivity index (χ1n) is 3.95. The second-order valence-corrected chi connectivity index (χ2v) is 2.57. The summed E-state index contributed by atoms with van der Waals surface area (Å²) in [5, 5.41) is 0. The Morgan fingerprint density at radius 2 is 2.14 bits per heavy atom. The van der Waals surface area contributed by atoms with Gasteiger partial charge in [-0.1, -0.05) is 0 Å². The van der Waals surface area contributed by atoms with Gasteiger partial charge in [0.05, 0.1) is 7.11 Å². The number of hydrogen-bond donors (Lipinski definition) is 0. The normalized spacial score (nSPS) is 12.4. The van der Waals surface area contributed by atoms with Gasteiger partial charge in [0.2, 0.25) is 6.79 Å². The maximum Gasteiger partial charge on any atom is 0.513 e. The minimum Gasteiger partial charge on any atom is -0.454 e. The number of methoxy groups -OCH3 is 1. The van der Waals surface area contributed by atoms with E-state index in [0.717, 1.165) is 0 Å². The third-order valence-corrected chi connectivity index (χ3v) is 1.71. The molecule has 0 aliphatic carbocycles. The molecule has 0 spiro atoms. The van der Waals surface area contributed by atoms with Crippen LogP contribution in [0.1, 0.15) is 0 Å². The molecule has 1 aromatic rings. The topological polar surface area (TPSA) is 54.0 Å². The second-order valence-electron chi connectivity index (χ2n) is 2.57. The van der Waals surface area contributed by atoms with E-state index in [2.05, 4.69) is 4.74 Å². The first-order valence-corrected chi connectivity index (χ1v) is 3.95. The molecule has 1 heterocycles. The van der Waals surface area contributed by atoms with Crippen LogP contribution in [0.3, 0.4) is 0 Å². The van der Waals surface area contributed by atoms with E-state index in [-0.39, 0.29) is 6.79 Å². The number of carbonyl (C=O) groups excluding carboxylic acids is 1. The van der Waals surface area contributed by atoms with E-state index in [4.69, 9.17) is 14.2 Å². The largest absolute Gasteiger partial charge is 0.513 e. The lowest BCUT2D eigenvalue weighted by Crippen LogP contribution is -2.06. The van der Waals surface area contributed by atoms with Crippen molar-refractivity contribution in [2.75, 3.05) is 13.9 Å². The highest BCUT2D eigenvalue weighted by molar-refractivity contribution is 5.64. The van der Waals surface area contributed by atoms with E-state index in [1.54, 1.807) is 18.2 Å². The Kier molecular flexibility index (Phi) is 2.14. The van der Waals surface area contributed by atoms with Gasteiger partial charge in [-0.25, -0.2) is 4.79 Å². The lowest BCUT2D eigenvalue weighted by Gasteiger charge is -2.02. The maximum absolute atomic E-state index is 10.8. The van der Waals surface area contributed by atoms with Gasteiger partial charge < -0.3 is 18.9 Å². The molecule has 74 valence electrons. The van der Waals surface area contributed by atoms with Crippen LogP contribution in [0.25, 0.3) is 0 Å². The van der Waals surface area contributed by atoms with Gasteiger partial charge in [-0.05, 0) is 12.1 Å². The molecule has 0 fully saturated rings. The number of hydrogen-bond acceptors (Lipinski definition) is 5. The van der Waals surface area contributed by atoms with Gasteiger partial charge in [-0.3, -0.25) is 0 Å². The summed E-state index contributed by atoms with van der Waals surface area (Å²) in [5.74, 6) is 1.56. The molecule has 0 atom stereocenters. The Labute approximate surface area is 80.1 Å².